The van der Waals surface area contributed by atoms with Gasteiger partial charge in [-0.1, -0.05) is 24.3 Å². The van der Waals surface area contributed by atoms with Crippen LogP contribution in [0.4, 0.5) is 5.69 Å². The van der Waals surface area contributed by atoms with Gasteiger partial charge in [0.05, 0.1) is 13.1 Å². The van der Waals surface area contributed by atoms with Crippen molar-refractivity contribution in [3.05, 3.63) is 60.0 Å². The molecule has 8 heteroatoms. The van der Waals surface area contributed by atoms with Crippen LogP contribution >= 0.6 is 0 Å². The molecule has 0 saturated heterocycles. The highest BCUT2D eigenvalue weighted by Gasteiger charge is 2.22. The molecule has 0 unspecified atom stereocenters. The third-order valence-electron chi connectivity index (χ3n) is 4.84. The van der Waals surface area contributed by atoms with Gasteiger partial charge in [-0.2, -0.15) is 0 Å². The Kier molecular flexibility index (Phi) is 5.18. The number of amides is 1. The van der Waals surface area contributed by atoms with Crippen molar-refractivity contribution in [3.8, 4) is 0 Å². The van der Waals surface area contributed by atoms with Gasteiger partial charge in [0.25, 0.3) is 0 Å². The summed E-state index contributed by atoms with van der Waals surface area (Å²) in [6, 6.07) is 13.8. The number of para-hydroxylation sites is 1. The first kappa shape index (κ1) is 18.0. The molecule has 28 heavy (non-hydrogen) atoms. The standard InChI is InChI=1S/C20H23N7O/c1-21-20(22-13-18-25-24-17-10-4-5-11-27(17)18)23-14-19(28)26-12-6-8-15-7-2-3-9-16(15)26/h2-5,7,9-11H,6,8,12-14H2,1H3,(H2,21,22,23). The van der Waals surface area contributed by atoms with Crippen molar-refractivity contribution in [3.63, 3.8) is 0 Å². The van der Waals surface area contributed by atoms with E-state index in [4.69, 9.17) is 0 Å². The number of nitrogens with zero attached hydrogens (tertiary/aromatic N) is 5. The van der Waals surface area contributed by atoms with Crippen LogP contribution in [0.2, 0.25) is 0 Å². The molecule has 1 amide bonds. The van der Waals surface area contributed by atoms with E-state index < -0.39 is 0 Å². The Labute approximate surface area is 163 Å². The van der Waals surface area contributed by atoms with E-state index in [0.29, 0.717) is 12.5 Å². The Morgan fingerprint density at radius 3 is 2.89 bits per heavy atom. The third kappa shape index (κ3) is 3.66. The summed E-state index contributed by atoms with van der Waals surface area (Å²) in [7, 11) is 1.68. The van der Waals surface area contributed by atoms with E-state index in [9.17, 15) is 4.79 Å². The SMILES string of the molecule is CN=C(NCC(=O)N1CCCc2ccccc21)NCc1nnc2ccccn12. The summed E-state index contributed by atoms with van der Waals surface area (Å²) in [4.78, 5) is 18.8. The number of pyridine rings is 1. The fraction of sp³-hybridized carbons (Fsp3) is 0.300. The maximum atomic E-state index is 12.7. The van der Waals surface area contributed by atoms with Gasteiger partial charge in [0.1, 0.15) is 0 Å². The summed E-state index contributed by atoms with van der Waals surface area (Å²) in [5.41, 5.74) is 3.03. The molecule has 1 aliphatic heterocycles. The minimum absolute atomic E-state index is 0.0306. The number of aryl methyl sites for hydroxylation is 1. The van der Waals surface area contributed by atoms with E-state index in [2.05, 4.69) is 31.9 Å². The topological polar surface area (TPSA) is 86.9 Å². The molecule has 8 nitrogen and oxygen atoms in total. The molecule has 4 rings (SSSR count). The van der Waals surface area contributed by atoms with Crippen molar-refractivity contribution in [2.24, 2.45) is 4.99 Å². The summed E-state index contributed by atoms with van der Waals surface area (Å²) in [6.07, 6.45) is 3.92. The van der Waals surface area contributed by atoms with Crippen molar-refractivity contribution in [2.45, 2.75) is 19.4 Å². The third-order valence-corrected chi connectivity index (χ3v) is 4.84. The van der Waals surface area contributed by atoms with Gasteiger partial charge in [0.15, 0.2) is 17.4 Å². The number of guanidine groups is 1. The minimum atomic E-state index is 0.0306. The number of rotatable bonds is 4. The van der Waals surface area contributed by atoms with Gasteiger partial charge in [-0.3, -0.25) is 14.2 Å². The van der Waals surface area contributed by atoms with Gasteiger partial charge in [0, 0.05) is 25.5 Å². The molecule has 3 heterocycles. The summed E-state index contributed by atoms with van der Waals surface area (Å²) in [5.74, 6) is 1.35. The smallest absolute Gasteiger partial charge is 0.246 e. The Bertz CT molecular complexity index is 1010. The number of carbonyl (C=O) groups is 1. The van der Waals surface area contributed by atoms with Crippen LogP contribution in [0, 0.1) is 0 Å². The van der Waals surface area contributed by atoms with Crippen LogP contribution in [0.15, 0.2) is 53.7 Å². The summed E-state index contributed by atoms with van der Waals surface area (Å²) >= 11 is 0. The van der Waals surface area contributed by atoms with E-state index in [-0.39, 0.29) is 12.5 Å². The zero-order valence-electron chi connectivity index (χ0n) is 15.8. The molecule has 2 aromatic heterocycles. The average molecular weight is 377 g/mol. The fourth-order valence-electron chi connectivity index (χ4n) is 3.44. The van der Waals surface area contributed by atoms with Gasteiger partial charge in [-0.15, -0.1) is 10.2 Å². The molecule has 144 valence electrons. The largest absolute Gasteiger partial charge is 0.349 e. The number of hydrogen-bond donors (Lipinski definition) is 2. The lowest BCUT2D eigenvalue weighted by atomic mass is 10.0. The Balaban J connectivity index is 1.35. The number of hydrogen-bond acceptors (Lipinski definition) is 4. The van der Waals surface area contributed by atoms with Gasteiger partial charge in [0.2, 0.25) is 5.91 Å². The van der Waals surface area contributed by atoms with Crippen molar-refractivity contribution >= 4 is 23.2 Å². The predicted octanol–water partition coefficient (Wildman–Crippen LogP) is 1.37. The van der Waals surface area contributed by atoms with Crippen molar-refractivity contribution < 1.29 is 4.79 Å². The average Bonchev–Trinajstić information content (AvgIpc) is 3.16. The van der Waals surface area contributed by atoms with Gasteiger partial charge in [-0.25, -0.2) is 0 Å². The number of aliphatic imine (C=N–C) groups is 1. The second-order valence-corrected chi connectivity index (χ2v) is 6.60. The first-order chi connectivity index (χ1) is 13.8. The number of nitrogens with one attached hydrogen (secondary N) is 2. The molecule has 0 bridgehead atoms. The first-order valence-corrected chi connectivity index (χ1v) is 9.37. The molecule has 0 spiro atoms. The van der Waals surface area contributed by atoms with E-state index in [1.165, 1.54) is 5.56 Å². The molecule has 3 aromatic rings. The molecule has 2 N–H and O–H groups in total. The molecular weight excluding hydrogens is 354 g/mol. The highest BCUT2D eigenvalue weighted by Crippen LogP contribution is 2.26. The van der Waals surface area contributed by atoms with Crippen LogP contribution in [0.5, 0.6) is 0 Å². The number of anilines is 1. The van der Waals surface area contributed by atoms with E-state index >= 15 is 0 Å². The highest BCUT2D eigenvalue weighted by atomic mass is 16.2. The molecule has 0 radical (unpaired) electrons. The fourth-order valence-corrected chi connectivity index (χ4v) is 3.44. The highest BCUT2D eigenvalue weighted by molar-refractivity contribution is 5.98. The van der Waals surface area contributed by atoms with Crippen molar-refractivity contribution in [1.82, 2.24) is 25.2 Å². The second-order valence-electron chi connectivity index (χ2n) is 6.60. The van der Waals surface area contributed by atoms with Crippen LogP contribution in [-0.2, 0) is 17.8 Å². The zero-order valence-corrected chi connectivity index (χ0v) is 15.8. The monoisotopic (exact) mass is 377 g/mol. The zero-order chi connectivity index (χ0) is 19.3. The molecular formula is C20H23N7O. The van der Waals surface area contributed by atoms with Crippen LogP contribution < -0.4 is 15.5 Å². The van der Waals surface area contributed by atoms with Crippen LogP contribution in [0.25, 0.3) is 5.65 Å². The summed E-state index contributed by atoms with van der Waals surface area (Å²) in [6.45, 7) is 1.37. The van der Waals surface area contributed by atoms with Crippen molar-refractivity contribution in [2.75, 3.05) is 25.0 Å². The van der Waals surface area contributed by atoms with Gasteiger partial charge < -0.3 is 15.5 Å². The Morgan fingerprint density at radius 1 is 1.14 bits per heavy atom. The van der Waals surface area contributed by atoms with Crippen LogP contribution in [-0.4, -0.2) is 46.6 Å². The molecule has 1 aliphatic rings. The van der Waals surface area contributed by atoms with Crippen molar-refractivity contribution in [1.29, 1.82) is 0 Å². The Hall–Kier alpha value is -3.42. The Morgan fingerprint density at radius 2 is 2.00 bits per heavy atom. The summed E-state index contributed by atoms with van der Waals surface area (Å²) < 4.78 is 1.91. The first-order valence-electron chi connectivity index (χ1n) is 9.37. The van der Waals surface area contributed by atoms with Crippen LogP contribution in [0.1, 0.15) is 17.8 Å². The quantitative estimate of drug-likeness (QED) is 0.530. The molecule has 0 aliphatic carbocycles. The normalized spacial score (nSPS) is 14.0. The summed E-state index contributed by atoms with van der Waals surface area (Å²) in [5, 5.41) is 14.6. The lowest BCUT2D eigenvalue weighted by Gasteiger charge is -2.29. The van der Waals surface area contributed by atoms with Gasteiger partial charge in [-0.05, 0) is 36.6 Å². The van der Waals surface area contributed by atoms with E-state index in [0.717, 1.165) is 36.5 Å². The lowest BCUT2D eigenvalue weighted by molar-refractivity contribution is -0.117. The molecule has 0 saturated carbocycles. The van der Waals surface area contributed by atoms with Gasteiger partial charge >= 0.3 is 0 Å². The number of fused-ring (bicyclic) bond motifs is 2. The maximum Gasteiger partial charge on any atom is 0.246 e. The predicted molar refractivity (Wildman–Crippen MR) is 108 cm³/mol. The lowest BCUT2D eigenvalue weighted by Crippen LogP contribution is -2.46. The van der Waals surface area contributed by atoms with E-state index in [1.807, 2.05) is 51.9 Å². The minimum Gasteiger partial charge on any atom is -0.349 e. The van der Waals surface area contributed by atoms with E-state index in [1.54, 1.807) is 7.05 Å². The number of aromatic nitrogens is 3. The molecule has 0 fully saturated rings. The van der Waals surface area contributed by atoms with Crippen LogP contribution in [0.3, 0.4) is 0 Å². The number of carbonyl (C=O) groups excluding carboxylic acids is 1. The number of benzene rings is 1. The molecule has 0 atom stereocenters. The second kappa shape index (κ2) is 8.08. The maximum absolute atomic E-state index is 12.7. The molecule has 1 aromatic carbocycles.